The monoisotopic (exact) mass is 1150 g/mol. The van der Waals surface area contributed by atoms with Crippen LogP contribution in [-0.4, -0.2) is 48.8 Å². The van der Waals surface area contributed by atoms with Crippen LogP contribution in [0, 0.1) is 0 Å². The SMILES string of the molecule is CC(C)(c1cc(Br)c(OCC(O)COc2ccc(Br)cc2Br)cc1Br)c1cc(Br)c(OCC(O)COc2ccc(Br)cc2Br)cc1Br. The molecule has 0 spiro atoms. The van der Waals surface area contributed by atoms with Gasteiger partial charge in [0.05, 0.1) is 17.9 Å². The Balaban J connectivity index is 1.38. The van der Waals surface area contributed by atoms with Crippen LogP contribution < -0.4 is 18.9 Å². The van der Waals surface area contributed by atoms with Gasteiger partial charge in [-0.25, -0.2) is 0 Å². The molecule has 0 radical (unpaired) electrons. The minimum absolute atomic E-state index is 0.0461. The van der Waals surface area contributed by atoms with Gasteiger partial charge in [0, 0.05) is 23.3 Å². The summed E-state index contributed by atoms with van der Waals surface area (Å²) in [5, 5.41) is 21.0. The smallest absolute Gasteiger partial charge is 0.134 e. The first-order valence-electron chi connectivity index (χ1n) is 13.9. The van der Waals surface area contributed by atoms with Gasteiger partial charge in [0.1, 0.15) is 61.6 Å². The Morgan fingerprint density at radius 3 is 1.13 bits per heavy atom. The maximum absolute atomic E-state index is 10.5. The van der Waals surface area contributed by atoms with Crippen molar-refractivity contribution >= 4 is 127 Å². The van der Waals surface area contributed by atoms with E-state index in [0.29, 0.717) is 23.0 Å². The molecule has 2 atom stereocenters. The van der Waals surface area contributed by atoms with E-state index < -0.39 is 17.6 Å². The van der Waals surface area contributed by atoms with Crippen LogP contribution in [0.3, 0.4) is 0 Å². The number of halogens is 8. The van der Waals surface area contributed by atoms with Crippen molar-refractivity contribution < 1.29 is 29.2 Å². The van der Waals surface area contributed by atoms with Crippen LogP contribution in [-0.2, 0) is 5.41 Å². The molecule has 0 saturated heterocycles. The van der Waals surface area contributed by atoms with E-state index in [2.05, 4.69) is 141 Å². The predicted octanol–water partition coefficient (Wildman–Crippen LogP) is 11.7. The number of hydrogen-bond acceptors (Lipinski definition) is 6. The molecule has 2 N–H and O–H groups in total. The number of rotatable bonds is 14. The highest BCUT2D eigenvalue weighted by molar-refractivity contribution is 9.12. The molecule has 0 fully saturated rings. The summed E-state index contributed by atoms with van der Waals surface area (Å²) in [4.78, 5) is 0. The van der Waals surface area contributed by atoms with E-state index in [4.69, 9.17) is 18.9 Å². The standard InChI is InChI=1S/C33H28Br8O6/c1-33(2,21-9-27(40)31(11-23(21)36)46-15-19(42)13-44-29-5-3-17(34)7-25(29)38)22-10-28(41)32(12-24(22)37)47-16-20(43)14-45-30-6-4-18(35)8-26(30)39/h3-12,19-20,42-43H,13-16H2,1-2H3. The molecule has 4 aromatic rings. The van der Waals surface area contributed by atoms with Gasteiger partial charge in [0.2, 0.25) is 0 Å². The molecular weight excluding hydrogens is 1130 g/mol. The highest BCUT2D eigenvalue weighted by Gasteiger charge is 2.30. The fourth-order valence-corrected chi connectivity index (χ4v) is 9.28. The topological polar surface area (TPSA) is 77.4 Å². The summed E-state index contributed by atoms with van der Waals surface area (Å²) in [7, 11) is 0. The van der Waals surface area contributed by atoms with Crippen LogP contribution >= 0.6 is 127 Å². The summed E-state index contributed by atoms with van der Waals surface area (Å²) < 4.78 is 30.0. The van der Waals surface area contributed by atoms with Gasteiger partial charge in [-0.15, -0.1) is 0 Å². The zero-order valence-corrected chi connectivity index (χ0v) is 37.5. The van der Waals surface area contributed by atoms with E-state index in [1.165, 1.54) is 0 Å². The van der Waals surface area contributed by atoms with Crippen LogP contribution in [0.2, 0.25) is 0 Å². The van der Waals surface area contributed by atoms with Crippen LogP contribution in [0.5, 0.6) is 23.0 Å². The van der Waals surface area contributed by atoms with E-state index in [-0.39, 0.29) is 26.4 Å². The van der Waals surface area contributed by atoms with Crippen molar-refractivity contribution in [3.8, 4) is 23.0 Å². The van der Waals surface area contributed by atoms with Gasteiger partial charge in [0.15, 0.2) is 0 Å². The van der Waals surface area contributed by atoms with Crippen molar-refractivity contribution in [2.45, 2.75) is 31.5 Å². The normalized spacial score (nSPS) is 12.9. The first-order valence-corrected chi connectivity index (χ1v) is 20.3. The number of ether oxygens (including phenoxy) is 4. The average molecular weight is 1160 g/mol. The van der Waals surface area contributed by atoms with Crippen molar-refractivity contribution in [1.29, 1.82) is 0 Å². The highest BCUT2D eigenvalue weighted by Crippen LogP contribution is 2.45. The van der Waals surface area contributed by atoms with Crippen LogP contribution in [0.1, 0.15) is 25.0 Å². The molecule has 0 aliphatic carbocycles. The van der Waals surface area contributed by atoms with Crippen LogP contribution in [0.15, 0.2) is 96.4 Å². The molecule has 4 rings (SSSR count). The predicted molar refractivity (Wildman–Crippen MR) is 213 cm³/mol. The largest absolute Gasteiger partial charge is 0.490 e. The molecule has 6 nitrogen and oxygen atoms in total. The fraction of sp³-hybridized carbons (Fsp3) is 0.273. The number of aliphatic hydroxyl groups is 2. The summed E-state index contributed by atoms with van der Waals surface area (Å²) in [6.45, 7) is 4.48. The third kappa shape index (κ3) is 10.9. The molecule has 0 aliphatic rings. The first kappa shape index (κ1) is 39.6. The van der Waals surface area contributed by atoms with Crippen LogP contribution in [0.25, 0.3) is 0 Å². The molecule has 2 unspecified atom stereocenters. The summed E-state index contributed by atoms with van der Waals surface area (Å²) >= 11 is 28.5. The molecule has 0 saturated carbocycles. The van der Waals surface area contributed by atoms with E-state index in [1.54, 1.807) is 0 Å². The highest BCUT2D eigenvalue weighted by atomic mass is 79.9. The molecule has 0 aromatic heterocycles. The molecular formula is C33H28Br8O6. The second kappa shape index (κ2) is 17.9. The van der Waals surface area contributed by atoms with Crippen molar-refractivity contribution in [1.82, 2.24) is 0 Å². The van der Waals surface area contributed by atoms with Gasteiger partial charge in [-0.2, -0.15) is 0 Å². The van der Waals surface area contributed by atoms with Crippen LogP contribution in [0.4, 0.5) is 0 Å². The Labute approximate surface area is 341 Å². The third-order valence-electron chi connectivity index (χ3n) is 6.90. The van der Waals surface area contributed by atoms with Gasteiger partial charge < -0.3 is 29.2 Å². The fourth-order valence-electron chi connectivity index (χ4n) is 4.41. The second-order valence-corrected chi connectivity index (χ2v) is 17.8. The Kier molecular flexibility index (Phi) is 15.1. The minimum Gasteiger partial charge on any atom is -0.490 e. The average Bonchev–Trinajstić information content (AvgIpc) is 3.00. The zero-order valence-electron chi connectivity index (χ0n) is 24.8. The van der Waals surface area contributed by atoms with Crippen molar-refractivity contribution in [3.63, 3.8) is 0 Å². The maximum Gasteiger partial charge on any atom is 0.134 e. The summed E-state index contributed by atoms with van der Waals surface area (Å²) in [6, 6.07) is 18.9. The summed E-state index contributed by atoms with van der Waals surface area (Å²) in [5.74, 6) is 2.43. The Morgan fingerprint density at radius 2 is 0.787 bits per heavy atom. The Bertz CT molecular complexity index is 1590. The summed E-state index contributed by atoms with van der Waals surface area (Å²) in [6.07, 6.45) is -1.69. The quantitative estimate of drug-likeness (QED) is 0.131. The Morgan fingerprint density at radius 1 is 0.468 bits per heavy atom. The van der Waals surface area contributed by atoms with Gasteiger partial charge in [0.25, 0.3) is 0 Å². The lowest BCUT2D eigenvalue weighted by atomic mass is 9.78. The molecule has 252 valence electrons. The minimum atomic E-state index is -0.844. The number of benzene rings is 4. The number of hydrogen-bond donors (Lipinski definition) is 2. The first-order chi connectivity index (χ1) is 22.1. The molecule has 4 aromatic carbocycles. The molecule has 0 bridgehead atoms. The van der Waals surface area contributed by atoms with Crippen molar-refractivity contribution in [2.24, 2.45) is 0 Å². The molecule has 14 heteroatoms. The van der Waals surface area contributed by atoms with E-state index in [0.717, 1.165) is 46.9 Å². The van der Waals surface area contributed by atoms with Gasteiger partial charge in [-0.3, -0.25) is 0 Å². The molecule has 47 heavy (non-hydrogen) atoms. The lowest BCUT2D eigenvalue weighted by molar-refractivity contribution is 0.0621. The van der Waals surface area contributed by atoms with E-state index in [1.807, 2.05) is 60.7 Å². The number of aliphatic hydroxyl groups excluding tert-OH is 2. The maximum atomic E-state index is 10.5. The third-order valence-corrected chi connectivity index (χ3v) is 11.7. The Hall–Kier alpha value is -0.160. The van der Waals surface area contributed by atoms with Crippen molar-refractivity contribution in [3.05, 3.63) is 108 Å². The van der Waals surface area contributed by atoms with Gasteiger partial charge in [-0.1, -0.05) is 77.6 Å². The molecule has 0 aliphatic heterocycles. The lowest BCUT2D eigenvalue weighted by Crippen LogP contribution is -2.25. The van der Waals surface area contributed by atoms with E-state index in [9.17, 15) is 10.2 Å². The van der Waals surface area contributed by atoms with Crippen molar-refractivity contribution in [2.75, 3.05) is 26.4 Å². The van der Waals surface area contributed by atoms with E-state index >= 15 is 0 Å². The lowest BCUT2D eigenvalue weighted by Gasteiger charge is -2.30. The second-order valence-electron chi connectivity index (χ2n) is 10.9. The summed E-state index contributed by atoms with van der Waals surface area (Å²) in [5.41, 5.74) is 1.55. The zero-order chi connectivity index (χ0) is 34.5. The molecule has 0 heterocycles. The van der Waals surface area contributed by atoms with Gasteiger partial charge in [-0.05, 0) is 136 Å². The molecule has 0 amide bonds. The van der Waals surface area contributed by atoms with Gasteiger partial charge >= 0.3 is 0 Å².